The molecule has 0 bridgehead atoms. The highest BCUT2D eigenvalue weighted by Crippen LogP contribution is 2.33. The Morgan fingerprint density at radius 2 is 1.70 bits per heavy atom. The maximum atomic E-state index is 13.8. The van der Waals surface area contributed by atoms with Crippen LogP contribution in [0.1, 0.15) is 44.1 Å². The van der Waals surface area contributed by atoms with Crippen LogP contribution < -0.4 is 0 Å². The van der Waals surface area contributed by atoms with E-state index in [0.717, 1.165) is 61.6 Å². The number of halogens is 3. The fourth-order valence-electron chi connectivity index (χ4n) is 4.56. The van der Waals surface area contributed by atoms with Gasteiger partial charge in [-0.2, -0.15) is 0 Å². The van der Waals surface area contributed by atoms with Crippen LogP contribution in [0, 0.1) is 0 Å². The third-order valence-electron chi connectivity index (χ3n) is 6.40. The fraction of sp³-hybridized carbons (Fsp3) is 0.440. The molecule has 1 aliphatic heterocycles. The van der Waals surface area contributed by atoms with E-state index < -0.39 is 0 Å². The van der Waals surface area contributed by atoms with Crippen LogP contribution in [0.2, 0.25) is 15.1 Å². The Morgan fingerprint density at radius 1 is 1.00 bits per heavy atom. The summed E-state index contributed by atoms with van der Waals surface area (Å²) in [7, 11) is 0. The number of likely N-dealkylation sites (N-methyl/N-ethyl adjacent to an activating group) is 1. The van der Waals surface area contributed by atoms with Crippen LogP contribution in [0.15, 0.2) is 36.4 Å². The summed E-state index contributed by atoms with van der Waals surface area (Å²) in [5, 5.41) is 1.59. The lowest BCUT2D eigenvalue weighted by molar-refractivity contribution is -0.136. The Labute approximate surface area is 210 Å². The molecule has 1 aliphatic rings. The average molecular weight is 508 g/mol. The van der Waals surface area contributed by atoms with Crippen molar-refractivity contribution < 1.29 is 4.79 Å². The molecule has 1 saturated heterocycles. The molecular weight excluding hydrogens is 479 g/mol. The van der Waals surface area contributed by atoms with Gasteiger partial charge in [0, 0.05) is 37.6 Å². The minimum atomic E-state index is -0.358. The molecule has 3 aromatic rings. The molecule has 0 spiro atoms. The molecule has 5 nitrogen and oxygen atoms in total. The van der Waals surface area contributed by atoms with E-state index >= 15 is 0 Å². The average Bonchev–Trinajstić information content (AvgIpc) is 3.15. The zero-order valence-electron chi connectivity index (χ0n) is 19.0. The Morgan fingerprint density at radius 3 is 2.36 bits per heavy atom. The van der Waals surface area contributed by atoms with Gasteiger partial charge in [-0.3, -0.25) is 4.79 Å². The van der Waals surface area contributed by atoms with Gasteiger partial charge in [-0.15, -0.1) is 0 Å². The van der Waals surface area contributed by atoms with E-state index in [0.29, 0.717) is 27.9 Å². The van der Waals surface area contributed by atoms with Crippen molar-refractivity contribution in [2.45, 2.75) is 39.2 Å². The van der Waals surface area contributed by atoms with Gasteiger partial charge in [0.2, 0.25) is 5.91 Å². The molecule has 1 atom stereocenters. The lowest BCUT2D eigenvalue weighted by Gasteiger charge is -2.36. The lowest BCUT2D eigenvalue weighted by atomic mass is 10.1. The first-order valence-electron chi connectivity index (χ1n) is 11.5. The molecule has 0 radical (unpaired) electrons. The molecule has 0 aliphatic carbocycles. The van der Waals surface area contributed by atoms with E-state index in [2.05, 4.69) is 23.3 Å². The zero-order valence-corrected chi connectivity index (χ0v) is 21.3. The molecule has 2 heterocycles. The van der Waals surface area contributed by atoms with Crippen LogP contribution in [0.3, 0.4) is 0 Å². The van der Waals surface area contributed by atoms with Crippen molar-refractivity contribution in [2.24, 2.45) is 0 Å². The molecule has 4 rings (SSSR count). The second-order valence-electron chi connectivity index (χ2n) is 8.49. The molecule has 1 aromatic heterocycles. The number of imidazole rings is 1. The summed E-state index contributed by atoms with van der Waals surface area (Å²) in [6.07, 6.45) is 2.10. The number of hydrogen-bond acceptors (Lipinski definition) is 3. The highest BCUT2D eigenvalue weighted by molar-refractivity contribution is 6.42. The highest BCUT2D eigenvalue weighted by atomic mass is 35.5. The molecule has 0 N–H and O–H groups in total. The van der Waals surface area contributed by atoms with Gasteiger partial charge >= 0.3 is 0 Å². The molecule has 176 valence electrons. The van der Waals surface area contributed by atoms with E-state index in [-0.39, 0.29) is 11.9 Å². The van der Waals surface area contributed by atoms with Crippen LogP contribution in [0.4, 0.5) is 0 Å². The van der Waals surface area contributed by atoms with E-state index in [1.54, 1.807) is 6.07 Å². The van der Waals surface area contributed by atoms with Gasteiger partial charge in [-0.05, 0) is 36.7 Å². The van der Waals surface area contributed by atoms with Crippen LogP contribution >= 0.6 is 34.8 Å². The number of piperazine rings is 1. The Kier molecular flexibility index (Phi) is 7.85. The predicted octanol–water partition coefficient (Wildman–Crippen LogP) is 6.09. The molecule has 0 saturated carbocycles. The van der Waals surface area contributed by atoms with Gasteiger partial charge in [0.1, 0.15) is 11.9 Å². The van der Waals surface area contributed by atoms with Gasteiger partial charge in [-0.1, -0.05) is 73.3 Å². The summed E-state index contributed by atoms with van der Waals surface area (Å²) in [5.74, 6) is 0.925. The van der Waals surface area contributed by atoms with Gasteiger partial charge in [0.15, 0.2) is 0 Å². The van der Waals surface area contributed by atoms with E-state index in [9.17, 15) is 4.79 Å². The van der Waals surface area contributed by atoms with Crippen LogP contribution in [0.25, 0.3) is 11.0 Å². The standard InChI is InChI=1S/C25H29Cl3N4O/c1-3-7-22(25(33)31-12-10-30(4-2)11-13-31)32-23-16-20(28)19(27)15-21(23)29-24(32)14-17-8-5-6-9-18(17)26/h5-6,8-9,15-16,22H,3-4,7,10-14H2,1-2H3/t22-/m0/s1. The molecule has 33 heavy (non-hydrogen) atoms. The van der Waals surface area contributed by atoms with Crippen LogP contribution in [-0.2, 0) is 11.2 Å². The van der Waals surface area contributed by atoms with Crippen molar-refractivity contribution in [2.75, 3.05) is 32.7 Å². The number of fused-ring (bicyclic) bond motifs is 1. The number of hydrogen-bond donors (Lipinski definition) is 0. The van der Waals surface area contributed by atoms with Crippen molar-refractivity contribution >= 4 is 51.7 Å². The number of carbonyl (C=O) groups excluding carboxylic acids is 1. The third kappa shape index (κ3) is 5.17. The van der Waals surface area contributed by atoms with E-state index in [4.69, 9.17) is 39.8 Å². The number of benzene rings is 2. The quantitative estimate of drug-likeness (QED) is 0.388. The molecular formula is C25H29Cl3N4O. The third-order valence-corrected chi connectivity index (χ3v) is 7.49. The second kappa shape index (κ2) is 10.6. The number of rotatable bonds is 7. The largest absolute Gasteiger partial charge is 0.338 e. The van der Waals surface area contributed by atoms with Crippen LogP contribution in [-0.4, -0.2) is 58.0 Å². The minimum absolute atomic E-state index is 0.137. The van der Waals surface area contributed by atoms with Gasteiger partial charge < -0.3 is 14.4 Å². The van der Waals surface area contributed by atoms with Crippen molar-refractivity contribution in [3.05, 3.63) is 62.9 Å². The first-order chi connectivity index (χ1) is 15.9. The lowest BCUT2D eigenvalue weighted by Crippen LogP contribution is -2.50. The van der Waals surface area contributed by atoms with Gasteiger partial charge in [0.05, 0.1) is 21.1 Å². The van der Waals surface area contributed by atoms with Crippen LogP contribution in [0.5, 0.6) is 0 Å². The maximum absolute atomic E-state index is 13.8. The molecule has 2 aromatic carbocycles. The van der Waals surface area contributed by atoms with Gasteiger partial charge in [-0.25, -0.2) is 4.98 Å². The zero-order chi connectivity index (χ0) is 23.5. The van der Waals surface area contributed by atoms with Crippen molar-refractivity contribution in [3.8, 4) is 0 Å². The minimum Gasteiger partial charge on any atom is -0.338 e. The summed E-state index contributed by atoms with van der Waals surface area (Å²) in [5.41, 5.74) is 2.52. The number of carbonyl (C=O) groups is 1. The maximum Gasteiger partial charge on any atom is 0.245 e. The summed E-state index contributed by atoms with van der Waals surface area (Å²) in [6, 6.07) is 11.0. The first kappa shape index (κ1) is 24.3. The summed E-state index contributed by atoms with van der Waals surface area (Å²) in [6.45, 7) is 8.56. The molecule has 1 fully saturated rings. The first-order valence-corrected chi connectivity index (χ1v) is 12.7. The Hall–Kier alpha value is -1.79. The Balaban J connectivity index is 1.78. The molecule has 0 unspecified atom stereocenters. The SMILES string of the molecule is CCC[C@@H](C(=O)N1CCN(CC)CC1)n1c(Cc2ccccc2Cl)nc2cc(Cl)c(Cl)cc21. The van der Waals surface area contributed by atoms with Crippen molar-refractivity contribution in [1.29, 1.82) is 0 Å². The highest BCUT2D eigenvalue weighted by Gasteiger charge is 2.31. The van der Waals surface area contributed by atoms with E-state index in [1.807, 2.05) is 35.2 Å². The summed E-state index contributed by atoms with van der Waals surface area (Å²) >= 11 is 19.2. The monoisotopic (exact) mass is 506 g/mol. The summed E-state index contributed by atoms with van der Waals surface area (Å²) in [4.78, 5) is 23.1. The normalized spacial score (nSPS) is 15.8. The number of nitrogens with zero attached hydrogens (tertiary/aromatic N) is 4. The van der Waals surface area contributed by atoms with Crippen molar-refractivity contribution in [1.82, 2.24) is 19.4 Å². The smallest absolute Gasteiger partial charge is 0.245 e. The number of aromatic nitrogens is 2. The fourth-order valence-corrected chi connectivity index (χ4v) is 5.07. The van der Waals surface area contributed by atoms with Crippen molar-refractivity contribution in [3.63, 3.8) is 0 Å². The molecule has 8 heteroatoms. The second-order valence-corrected chi connectivity index (χ2v) is 9.71. The summed E-state index contributed by atoms with van der Waals surface area (Å²) < 4.78 is 2.07. The molecule has 1 amide bonds. The van der Waals surface area contributed by atoms with Gasteiger partial charge in [0.25, 0.3) is 0 Å². The number of amides is 1. The predicted molar refractivity (Wildman–Crippen MR) is 137 cm³/mol. The Bertz CT molecular complexity index is 1140. The topological polar surface area (TPSA) is 41.4 Å². The van der Waals surface area contributed by atoms with E-state index in [1.165, 1.54) is 0 Å².